The SMILES string of the molecule is Cc1nnc(Sc2ccc(C=C3C(=O)NC(=S)NC3=O)o2)o1. The van der Waals surface area contributed by atoms with Crippen LogP contribution in [-0.2, 0) is 9.59 Å². The van der Waals surface area contributed by atoms with E-state index < -0.39 is 11.8 Å². The first kappa shape index (κ1) is 14.5. The van der Waals surface area contributed by atoms with Gasteiger partial charge in [0.25, 0.3) is 17.0 Å². The van der Waals surface area contributed by atoms with Crippen LogP contribution in [0, 0.1) is 6.92 Å². The minimum absolute atomic E-state index is 0.0189. The van der Waals surface area contributed by atoms with Gasteiger partial charge in [0.05, 0.1) is 0 Å². The molecule has 2 aromatic heterocycles. The summed E-state index contributed by atoms with van der Waals surface area (Å²) in [6.45, 7) is 1.68. The zero-order chi connectivity index (χ0) is 15.7. The van der Waals surface area contributed by atoms with Gasteiger partial charge in [-0.05, 0) is 30.4 Å². The van der Waals surface area contributed by atoms with Crippen LogP contribution in [0.15, 0.2) is 36.9 Å². The molecule has 0 spiro atoms. The zero-order valence-corrected chi connectivity index (χ0v) is 12.7. The Labute approximate surface area is 133 Å². The predicted octanol–water partition coefficient (Wildman–Crippen LogP) is 1.04. The number of furan rings is 1. The summed E-state index contributed by atoms with van der Waals surface area (Å²) in [5.41, 5.74) is -0.0897. The van der Waals surface area contributed by atoms with Crippen molar-refractivity contribution in [1.29, 1.82) is 0 Å². The maximum atomic E-state index is 11.7. The van der Waals surface area contributed by atoms with Gasteiger partial charge in [-0.1, -0.05) is 0 Å². The van der Waals surface area contributed by atoms with Crippen LogP contribution in [0.5, 0.6) is 0 Å². The van der Waals surface area contributed by atoms with Gasteiger partial charge < -0.3 is 8.83 Å². The van der Waals surface area contributed by atoms with Gasteiger partial charge in [-0.25, -0.2) is 0 Å². The highest BCUT2D eigenvalue weighted by molar-refractivity contribution is 7.99. The normalized spacial score (nSPS) is 14.8. The highest BCUT2D eigenvalue weighted by atomic mass is 32.2. The molecule has 2 aromatic rings. The lowest BCUT2D eigenvalue weighted by Crippen LogP contribution is -2.51. The molecule has 0 aliphatic carbocycles. The van der Waals surface area contributed by atoms with Crippen molar-refractivity contribution < 1.29 is 18.4 Å². The van der Waals surface area contributed by atoms with E-state index in [-0.39, 0.29) is 10.7 Å². The van der Waals surface area contributed by atoms with Crippen LogP contribution in [0.4, 0.5) is 0 Å². The third kappa shape index (κ3) is 3.07. The Kier molecular flexibility index (Phi) is 3.77. The van der Waals surface area contributed by atoms with Crippen molar-refractivity contribution in [3.63, 3.8) is 0 Å². The molecule has 1 aliphatic heterocycles. The summed E-state index contributed by atoms with van der Waals surface area (Å²) in [6.07, 6.45) is 1.33. The zero-order valence-electron chi connectivity index (χ0n) is 11.1. The predicted molar refractivity (Wildman–Crippen MR) is 78.7 cm³/mol. The minimum Gasteiger partial charge on any atom is -0.450 e. The molecule has 0 atom stereocenters. The van der Waals surface area contributed by atoms with Crippen LogP contribution in [0.25, 0.3) is 6.08 Å². The highest BCUT2D eigenvalue weighted by Gasteiger charge is 2.26. The fraction of sp³-hybridized carbons (Fsp3) is 0.0833. The second kappa shape index (κ2) is 5.73. The summed E-state index contributed by atoms with van der Waals surface area (Å²) in [5.74, 6) is -0.367. The Morgan fingerprint density at radius 1 is 1.18 bits per heavy atom. The average molecular weight is 336 g/mol. The number of thiocarbonyl (C=S) groups is 1. The Balaban J connectivity index is 1.79. The first-order chi connectivity index (χ1) is 10.5. The number of aromatic nitrogens is 2. The van der Waals surface area contributed by atoms with Crippen LogP contribution in [0.1, 0.15) is 11.7 Å². The first-order valence-corrected chi connectivity index (χ1v) is 7.20. The van der Waals surface area contributed by atoms with Crippen LogP contribution in [0.3, 0.4) is 0 Å². The van der Waals surface area contributed by atoms with Crippen molar-refractivity contribution in [1.82, 2.24) is 20.8 Å². The molecule has 1 fully saturated rings. The van der Waals surface area contributed by atoms with Gasteiger partial charge in [-0.2, -0.15) is 0 Å². The molecule has 0 saturated carbocycles. The van der Waals surface area contributed by atoms with Gasteiger partial charge in [0.1, 0.15) is 11.3 Å². The van der Waals surface area contributed by atoms with E-state index >= 15 is 0 Å². The largest absolute Gasteiger partial charge is 0.450 e. The van der Waals surface area contributed by atoms with E-state index in [9.17, 15) is 9.59 Å². The maximum Gasteiger partial charge on any atom is 0.284 e. The van der Waals surface area contributed by atoms with E-state index in [1.54, 1.807) is 19.1 Å². The number of nitrogens with one attached hydrogen (secondary N) is 2. The van der Waals surface area contributed by atoms with E-state index in [0.29, 0.717) is 22.0 Å². The molecular weight excluding hydrogens is 328 g/mol. The topological polar surface area (TPSA) is 110 Å². The van der Waals surface area contributed by atoms with Crippen LogP contribution < -0.4 is 10.6 Å². The number of amides is 2. The molecule has 1 saturated heterocycles. The molecule has 0 aromatic carbocycles. The number of hydrogen-bond acceptors (Lipinski definition) is 8. The summed E-state index contributed by atoms with van der Waals surface area (Å²) < 4.78 is 10.7. The molecule has 3 rings (SSSR count). The third-order valence-corrected chi connectivity index (χ3v) is 3.49. The Hall–Kier alpha value is -2.46. The lowest BCUT2D eigenvalue weighted by atomic mass is 10.1. The van der Waals surface area contributed by atoms with Crippen LogP contribution in [0.2, 0.25) is 0 Å². The Morgan fingerprint density at radius 3 is 2.55 bits per heavy atom. The number of hydrogen-bond donors (Lipinski definition) is 2. The average Bonchev–Trinajstić information content (AvgIpc) is 3.04. The highest BCUT2D eigenvalue weighted by Crippen LogP contribution is 2.28. The number of nitrogens with zero attached hydrogens (tertiary/aromatic N) is 2. The molecular formula is C12H8N4O4S2. The van der Waals surface area contributed by atoms with Crippen molar-refractivity contribution in [2.45, 2.75) is 17.2 Å². The standard InChI is InChI=1S/C12H8N4O4S2/c1-5-15-16-12(19-5)22-8-3-2-6(20-8)4-7-9(17)13-11(21)14-10(7)18/h2-4H,1H3,(H2,13,14,17,18,21). The van der Waals surface area contributed by atoms with Gasteiger partial charge in [0.15, 0.2) is 10.2 Å². The van der Waals surface area contributed by atoms with Crippen molar-refractivity contribution in [3.05, 3.63) is 29.4 Å². The second-order valence-electron chi connectivity index (χ2n) is 4.14. The van der Waals surface area contributed by atoms with Crippen LogP contribution >= 0.6 is 24.0 Å². The van der Waals surface area contributed by atoms with Crippen molar-refractivity contribution >= 4 is 47.0 Å². The van der Waals surface area contributed by atoms with E-state index in [4.69, 9.17) is 21.1 Å². The van der Waals surface area contributed by atoms with Crippen molar-refractivity contribution in [2.24, 2.45) is 0 Å². The lowest BCUT2D eigenvalue weighted by molar-refractivity contribution is -0.123. The molecule has 22 heavy (non-hydrogen) atoms. The molecule has 0 bridgehead atoms. The van der Waals surface area contributed by atoms with Crippen molar-refractivity contribution in [3.8, 4) is 0 Å². The maximum absolute atomic E-state index is 11.7. The lowest BCUT2D eigenvalue weighted by Gasteiger charge is -2.15. The van der Waals surface area contributed by atoms with E-state index in [1.165, 1.54) is 6.08 Å². The Morgan fingerprint density at radius 2 is 1.91 bits per heavy atom. The van der Waals surface area contributed by atoms with Gasteiger partial charge in [-0.15, -0.1) is 10.2 Å². The van der Waals surface area contributed by atoms with Crippen molar-refractivity contribution in [2.75, 3.05) is 0 Å². The molecule has 2 amide bonds. The molecule has 112 valence electrons. The number of rotatable bonds is 3. The van der Waals surface area contributed by atoms with Gasteiger partial charge >= 0.3 is 0 Å². The van der Waals surface area contributed by atoms with E-state index in [1.807, 2.05) is 0 Å². The summed E-state index contributed by atoms with van der Waals surface area (Å²) in [7, 11) is 0. The quantitative estimate of drug-likeness (QED) is 0.486. The summed E-state index contributed by atoms with van der Waals surface area (Å²) in [4.78, 5) is 23.4. The second-order valence-corrected chi connectivity index (χ2v) is 5.51. The molecule has 0 unspecified atom stereocenters. The summed E-state index contributed by atoms with van der Waals surface area (Å²) >= 11 is 5.85. The van der Waals surface area contributed by atoms with Crippen LogP contribution in [-0.4, -0.2) is 27.1 Å². The molecule has 3 heterocycles. The van der Waals surface area contributed by atoms with E-state index in [0.717, 1.165) is 11.8 Å². The fourth-order valence-corrected chi connectivity index (χ4v) is 2.50. The smallest absolute Gasteiger partial charge is 0.284 e. The van der Waals surface area contributed by atoms with Gasteiger partial charge in [0.2, 0.25) is 5.89 Å². The Bertz CT molecular complexity index is 786. The molecule has 0 radical (unpaired) electrons. The number of carbonyl (C=O) groups is 2. The third-order valence-electron chi connectivity index (χ3n) is 2.53. The van der Waals surface area contributed by atoms with Gasteiger partial charge in [-0.3, -0.25) is 20.2 Å². The minimum atomic E-state index is -0.577. The molecule has 2 N–H and O–H groups in total. The van der Waals surface area contributed by atoms with E-state index in [2.05, 4.69) is 20.8 Å². The molecule has 8 nitrogen and oxygen atoms in total. The fourth-order valence-electron chi connectivity index (χ4n) is 1.62. The first-order valence-electron chi connectivity index (χ1n) is 5.97. The summed E-state index contributed by atoms with van der Waals surface area (Å²) in [5, 5.41) is 13.0. The number of aryl methyl sites for hydroxylation is 1. The monoisotopic (exact) mass is 336 g/mol. The number of carbonyl (C=O) groups excluding carboxylic acids is 2. The summed E-state index contributed by atoms with van der Waals surface area (Å²) in [6, 6.07) is 3.28. The van der Waals surface area contributed by atoms with Gasteiger partial charge in [0, 0.05) is 18.7 Å². The molecule has 1 aliphatic rings. The molecule has 10 heteroatoms.